The van der Waals surface area contributed by atoms with Gasteiger partial charge in [-0.2, -0.15) is 0 Å². The molecule has 8 heteroatoms. The number of hydrogen-bond acceptors (Lipinski definition) is 6. The summed E-state index contributed by atoms with van der Waals surface area (Å²) < 4.78 is 0. The van der Waals surface area contributed by atoms with E-state index < -0.39 is 5.91 Å². The first-order valence-corrected chi connectivity index (χ1v) is 8.87. The standard InChI is InChI=1S/C14H16N4O2S2/c15-10(19)5-9-6-21-14(17-9)18-13(20)12-11(16-7-22-12)8-3-1-2-4-8/h6-8H,1-5H2,(H2,15,19)(H,17,18,20). The third-order valence-corrected chi connectivity index (χ3v) is 5.32. The minimum Gasteiger partial charge on any atom is -0.369 e. The fraction of sp³-hybridized carbons (Fsp3) is 0.429. The zero-order valence-electron chi connectivity index (χ0n) is 11.9. The van der Waals surface area contributed by atoms with Crippen LogP contribution < -0.4 is 11.1 Å². The number of primary amides is 1. The topological polar surface area (TPSA) is 98.0 Å². The molecule has 0 atom stereocenters. The van der Waals surface area contributed by atoms with Gasteiger partial charge >= 0.3 is 0 Å². The molecule has 22 heavy (non-hydrogen) atoms. The van der Waals surface area contributed by atoms with Crippen molar-refractivity contribution in [3.63, 3.8) is 0 Å². The molecule has 2 amide bonds. The molecule has 0 aliphatic heterocycles. The van der Waals surface area contributed by atoms with Crippen molar-refractivity contribution >= 4 is 39.6 Å². The van der Waals surface area contributed by atoms with E-state index in [1.165, 1.54) is 35.5 Å². The van der Waals surface area contributed by atoms with E-state index >= 15 is 0 Å². The first kappa shape index (κ1) is 15.1. The number of amides is 2. The Morgan fingerprint density at radius 3 is 2.82 bits per heavy atom. The van der Waals surface area contributed by atoms with Crippen molar-refractivity contribution in [2.75, 3.05) is 5.32 Å². The Bertz CT molecular complexity index is 689. The lowest BCUT2D eigenvalue weighted by atomic mass is 10.0. The van der Waals surface area contributed by atoms with Crippen molar-refractivity contribution < 1.29 is 9.59 Å². The SMILES string of the molecule is NC(=O)Cc1csc(NC(=O)c2scnc2C2CCCC2)n1. The van der Waals surface area contributed by atoms with Gasteiger partial charge in [-0.05, 0) is 12.8 Å². The number of carbonyl (C=O) groups is 2. The van der Waals surface area contributed by atoms with Gasteiger partial charge in [0, 0.05) is 11.3 Å². The number of carbonyl (C=O) groups excluding carboxylic acids is 2. The molecule has 1 aliphatic carbocycles. The molecule has 0 bridgehead atoms. The van der Waals surface area contributed by atoms with Crippen LogP contribution in [0.2, 0.25) is 0 Å². The average molecular weight is 336 g/mol. The Labute approximate surface area is 135 Å². The summed E-state index contributed by atoms with van der Waals surface area (Å²) in [6.45, 7) is 0. The lowest BCUT2D eigenvalue weighted by Gasteiger charge is -2.08. The van der Waals surface area contributed by atoms with Crippen LogP contribution in [0.1, 0.15) is 52.7 Å². The van der Waals surface area contributed by atoms with Gasteiger partial charge in [-0.3, -0.25) is 14.9 Å². The number of nitrogens with one attached hydrogen (secondary N) is 1. The summed E-state index contributed by atoms with van der Waals surface area (Å²) in [4.78, 5) is 32.5. The molecule has 0 aromatic carbocycles. The molecule has 0 unspecified atom stereocenters. The van der Waals surface area contributed by atoms with E-state index in [9.17, 15) is 9.59 Å². The van der Waals surface area contributed by atoms with E-state index in [-0.39, 0.29) is 12.3 Å². The molecule has 2 aromatic heterocycles. The average Bonchev–Trinajstić information content (AvgIpc) is 3.18. The maximum Gasteiger partial charge on any atom is 0.269 e. The highest BCUT2D eigenvalue weighted by Gasteiger charge is 2.25. The van der Waals surface area contributed by atoms with Crippen molar-refractivity contribution in [2.45, 2.75) is 38.0 Å². The van der Waals surface area contributed by atoms with E-state index in [2.05, 4.69) is 15.3 Å². The fourth-order valence-corrected chi connectivity index (χ4v) is 4.17. The Kier molecular flexibility index (Phi) is 4.49. The van der Waals surface area contributed by atoms with Crippen molar-refractivity contribution in [1.29, 1.82) is 0 Å². The zero-order chi connectivity index (χ0) is 15.5. The van der Waals surface area contributed by atoms with Gasteiger partial charge in [0.05, 0.1) is 23.3 Å². The van der Waals surface area contributed by atoms with Crippen LogP contribution in [0.15, 0.2) is 10.9 Å². The molecule has 1 saturated carbocycles. The van der Waals surface area contributed by atoms with Crippen molar-refractivity contribution in [1.82, 2.24) is 9.97 Å². The van der Waals surface area contributed by atoms with E-state index in [0.717, 1.165) is 18.5 Å². The van der Waals surface area contributed by atoms with Crippen LogP contribution in [0.3, 0.4) is 0 Å². The monoisotopic (exact) mass is 336 g/mol. The van der Waals surface area contributed by atoms with Crippen LogP contribution in [-0.2, 0) is 11.2 Å². The van der Waals surface area contributed by atoms with E-state index in [4.69, 9.17) is 5.73 Å². The van der Waals surface area contributed by atoms with Gasteiger partial charge in [0.2, 0.25) is 5.91 Å². The van der Waals surface area contributed by atoms with E-state index in [1.54, 1.807) is 10.9 Å². The second-order valence-electron chi connectivity index (χ2n) is 5.29. The van der Waals surface area contributed by atoms with E-state index in [0.29, 0.717) is 21.6 Å². The van der Waals surface area contributed by atoms with Crippen LogP contribution in [0.5, 0.6) is 0 Å². The normalized spacial score (nSPS) is 15.1. The molecule has 2 heterocycles. The molecule has 1 aliphatic rings. The molecule has 0 saturated heterocycles. The molecule has 0 spiro atoms. The second-order valence-corrected chi connectivity index (χ2v) is 7.00. The lowest BCUT2D eigenvalue weighted by molar-refractivity contribution is -0.117. The number of hydrogen-bond donors (Lipinski definition) is 2. The van der Waals surface area contributed by atoms with Gasteiger partial charge in [-0.15, -0.1) is 22.7 Å². The lowest BCUT2D eigenvalue weighted by Crippen LogP contribution is -2.15. The quantitative estimate of drug-likeness (QED) is 0.876. The smallest absolute Gasteiger partial charge is 0.269 e. The summed E-state index contributed by atoms with van der Waals surface area (Å²) in [6, 6.07) is 0. The number of anilines is 1. The number of aromatic nitrogens is 2. The fourth-order valence-electron chi connectivity index (χ4n) is 2.69. The van der Waals surface area contributed by atoms with Gasteiger partial charge in [0.1, 0.15) is 4.88 Å². The molecule has 3 N–H and O–H groups in total. The van der Waals surface area contributed by atoms with Crippen molar-refractivity contribution in [3.8, 4) is 0 Å². The number of rotatable bonds is 5. The predicted molar refractivity (Wildman–Crippen MR) is 86.3 cm³/mol. The molecular weight excluding hydrogens is 320 g/mol. The van der Waals surface area contributed by atoms with Crippen LogP contribution in [0.25, 0.3) is 0 Å². The predicted octanol–water partition coefficient (Wildman–Crippen LogP) is 2.54. The summed E-state index contributed by atoms with van der Waals surface area (Å²) in [5.41, 5.74) is 8.35. The van der Waals surface area contributed by atoms with E-state index in [1.807, 2.05) is 0 Å². The summed E-state index contributed by atoms with van der Waals surface area (Å²) in [5, 5.41) is 4.99. The van der Waals surface area contributed by atoms with Crippen LogP contribution in [-0.4, -0.2) is 21.8 Å². The van der Waals surface area contributed by atoms with Gasteiger partial charge in [-0.1, -0.05) is 12.8 Å². The van der Waals surface area contributed by atoms with Crippen molar-refractivity contribution in [2.24, 2.45) is 5.73 Å². The first-order chi connectivity index (χ1) is 10.6. The third kappa shape index (κ3) is 3.33. The molecule has 2 aromatic rings. The highest BCUT2D eigenvalue weighted by atomic mass is 32.1. The van der Waals surface area contributed by atoms with Gasteiger partial charge in [0.15, 0.2) is 5.13 Å². The molecule has 3 rings (SSSR count). The number of nitrogens with zero attached hydrogens (tertiary/aromatic N) is 2. The van der Waals surface area contributed by atoms with Gasteiger partial charge < -0.3 is 5.73 Å². The molecule has 6 nitrogen and oxygen atoms in total. The van der Waals surface area contributed by atoms with Gasteiger partial charge in [-0.25, -0.2) is 9.97 Å². The molecule has 0 radical (unpaired) electrons. The number of nitrogens with two attached hydrogens (primary N) is 1. The maximum atomic E-state index is 12.4. The highest BCUT2D eigenvalue weighted by Crippen LogP contribution is 2.36. The largest absolute Gasteiger partial charge is 0.369 e. The summed E-state index contributed by atoms with van der Waals surface area (Å²) in [6.07, 6.45) is 4.69. The highest BCUT2D eigenvalue weighted by molar-refractivity contribution is 7.14. The molecule has 116 valence electrons. The molecular formula is C14H16N4O2S2. The van der Waals surface area contributed by atoms with Crippen LogP contribution >= 0.6 is 22.7 Å². The Morgan fingerprint density at radius 2 is 2.09 bits per heavy atom. The minimum atomic E-state index is -0.436. The Morgan fingerprint density at radius 1 is 1.32 bits per heavy atom. The summed E-state index contributed by atoms with van der Waals surface area (Å²) in [7, 11) is 0. The van der Waals surface area contributed by atoms with Crippen LogP contribution in [0.4, 0.5) is 5.13 Å². The minimum absolute atomic E-state index is 0.0836. The second kappa shape index (κ2) is 6.53. The Hall–Kier alpha value is -1.80. The maximum absolute atomic E-state index is 12.4. The molecule has 1 fully saturated rings. The van der Waals surface area contributed by atoms with Crippen LogP contribution in [0, 0.1) is 0 Å². The van der Waals surface area contributed by atoms with Crippen molar-refractivity contribution in [3.05, 3.63) is 27.2 Å². The third-order valence-electron chi connectivity index (χ3n) is 3.67. The first-order valence-electron chi connectivity index (χ1n) is 7.11. The van der Waals surface area contributed by atoms with Gasteiger partial charge in [0.25, 0.3) is 5.91 Å². The zero-order valence-corrected chi connectivity index (χ0v) is 13.5. The number of thiazole rings is 2. The summed E-state index contributed by atoms with van der Waals surface area (Å²) >= 11 is 2.65. The summed E-state index contributed by atoms with van der Waals surface area (Å²) in [5.74, 6) is -0.216. The Balaban J connectivity index is 1.71.